The molecule has 11 heteroatoms. The van der Waals surface area contributed by atoms with Gasteiger partial charge in [-0.1, -0.05) is 41.9 Å². The van der Waals surface area contributed by atoms with Crippen LogP contribution in [-0.2, 0) is 11.3 Å². The summed E-state index contributed by atoms with van der Waals surface area (Å²) in [4.78, 5) is 28.3. The summed E-state index contributed by atoms with van der Waals surface area (Å²) >= 11 is 5.98. The zero-order chi connectivity index (χ0) is 23.6. The van der Waals surface area contributed by atoms with Crippen molar-refractivity contribution in [2.75, 3.05) is 0 Å². The van der Waals surface area contributed by atoms with Gasteiger partial charge in [-0.05, 0) is 24.3 Å². The van der Waals surface area contributed by atoms with E-state index < -0.39 is 24.0 Å². The van der Waals surface area contributed by atoms with Crippen molar-refractivity contribution in [2.24, 2.45) is 5.92 Å². The van der Waals surface area contributed by atoms with Crippen LogP contribution in [0.2, 0.25) is 5.02 Å². The van der Waals surface area contributed by atoms with Gasteiger partial charge in [0.05, 0.1) is 23.0 Å². The van der Waals surface area contributed by atoms with Crippen LogP contribution in [0.1, 0.15) is 53.5 Å². The van der Waals surface area contributed by atoms with Gasteiger partial charge in [0.2, 0.25) is 5.92 Å². The molecule has 1 aliphatic rings. The number of fused-ring (bicyclic) bond motifs is 1. The number of rotatable bonds is 6. The Morgan fingerprint density at radius 3 is 2.64 bits per heavy atom. The van der Waals surface area contributed by atoms with Gasteiger partial charge in [-0.25, -0.2) is 27.9 Å². The van der Waals surface area contributed by atoms with Crippen LogP contribution in [0.4, 0.5) is 13.6 Å². The molecule has 0 saturated heterocycles. The minimum Gasteiger partial charge on any atom is -0.476 e. The second kappa shape index (κ2) is 9.30. The fourth-order valence-electron chi connectivity index (χ4n) is 3.94. The maximum absolute atomic E-state index is 13.7. The second-order valence-electron chi connectivity index (χ2n) is 7.99. The maximum atomic E-state index is 13.7. The van der Waals surface area contributed by atoms with E-state index in [1.54, 1.807) is 0 Å². The first kappa shape index (κ1) is 22.9. The lowest BCUT2D eigenvalue weighted by Crippen LogP contribution is -2.37. The standard InChI is InChI=1S/C22H21ClF2N4O4/c23-15-10-17-26-16(11-29(17)28-19(15)20(30)31)18(14-6-8-22(24,25)9-7-14)27-21(32)33-12-13-4-2-1-3-5-13/h1-5,10-11,14,18H,6-9,12H2,(H,27,32)(H,30,31). The third-order valence-electron chi connectivity index (χ3n) is 5.66. The smallest absolute Gasteiger partial charge is 0.408 e. The Kier molecular flexibility index (Phi) is 6.46. The van der Waals surface area contributed by atoms with Crippen LogP contribution < -0.4 is 5.32 Å². The molecule has 2 aromatic heterocycles. The number of nitrogens with one attached hydrogen (secondary N) is 1. The van der Waals surface area contributed by atoms with Gasteiger partial charge in [-0.15, -0.1) is 0 Å². The van der Waals surface area contributed by atoms with Crippen molar-refractivity contribution < 1.29 is 28.2 Å². The average molecular weight is 479 g/mol. The van der Waals surface area contributed by atoms with Crippen molar-refractivity contribution in [3.05, 3.63) is 64.6 Å². The average Bonchev–Trinajstić information content (AvgIpc) is 3.19. The van der Waals surface area contributed by atoms with Crippen LogP contribution in [-0.4, -0.2) is 37.7 Å². The highest BCUT2D eigenvalue weighted by Gasteiger charge is 2.39. The van der Waals surface area contributed by atoms with E-state index >= 15 is 0 Å². The number of carbonyl (C=O) groups excluding carboxylic acids is 1. The molecule has 2 heterocycles. The van der Waals surface area contributed by atoms with E-state index in [1.807, 2.05) is 30.3 Å². The summed E-state index contributed by atoms with van der Waals surface area (Å²) < 4.78 is 34.0. The minimum atomic E-state index is -2.74. The molecule has 4 rings (SSSR count). The van der Waals surface area contributed by atoms with Gasteiger partial charge in [0.1, 0.15) is 6.61 Å². The molecule has 1 aromatic carbocycles. The number of alkyl carbamates (subject to hydrolysis) is 1. The summed E-state index contributed by atoms with van der Waals surface area (Å²) in [5, 5.41) is 15.9. The summed E-state index contributed by atoms with van der Waals surface area (Å²) in [5.41, 5.74) is 1.07. The molecule has 0 spiro atoms. The van der Waals surface area contributed by atoms with Crippen molar-refractivity contribution >= 4 is 29.3 Å². The quantitative estimate of drug-likeness (QED) is 0.523. The molecule has 1 atom stereocenters. The van der Waals surface area contributed by atoms with E-state index in [1.165, 1.54) is 16.8 Å². The second-order valence-corrected chi connectivity index (χ2v) is 8.40. The molecule has 1 saturated carbocycles. The number of ether oxygens (including phenoxy) is 1. The minimum absolute atomic E-state index is 0.0480. The number of imidazole rings is 1. The van der Waals surface area contributed by atoms with Crippen LogP contribution in [0.25, 0.3) is 5.65 Å². The first-order valence-electron chi connectivity index (χ1n) is 10.4. The summed E-state index contributed by atoms with van der Waals surface area (Å²) in [5.74, 6) is -4.35. The lowest BCUT2D eigenvalue weighted by atomic mass is 9.81. The van der Waals surface area contributed by atoms with Gasteiger partial charge in [0.15, 0.2) is 11.3 Å². The highest BCUT2D eigenvalue weighted by molar-refractivity contribution is 6.33. The van der Waals surface area contributed by atoms with Crippen molar-refractivity contribution in [3.63, 3.8) is 0 Å². The Morgan fingerprint density at radius 2 is 1.97 bits per heavy atom. The number of amides is 1. The molecule has 0 aliphatic heterocycles. The highest BCUT2D eigenvalue weighted by atomic mass is 35.5. The summed E-state index contributed by atoms with van der Waals surface area (Å²) in [6.45, 7) is 0.0480. The summed E-state index contributed by atoms with van der Waals surface area (Å²) in [6.07, 6.45) is 0.520. The predicted octanol–water partition coefficient (Wildman–Crippen LogP) is 4.87. The number of hydrogen-bond donors (Lipinski definition) is 2. The lowest BCUT2D eigenvalue weighted by molar-refractivity contribution is -0.0497. The van der Waals surface area contributed by atoms with Crippen LogP contribution in [0, 0.1) is 5.92 Å². The Hall–Kier alpha value is -3.27. The number of carboxylic acid groups (broad SMARTS) is 1. The van der Waals surface area contributed by atoms with Crippen LogP contribution >= 0.6 is 11.6 Å². The molecule has 0 bridgehead atoms. The number of carboxylic acids is 1. The van der Waals surface area contributed by atoms with Gasteiger partial charge in [-0.3, -0.25) is 0 Å². The number of hydrogen-bond acceptors (Lipinski definition) is 5. The SMILES string of the molecule is O=C(NC(c1cn2nc(C(=O)O)c(Cl)cc2n1)C1CCC(F)(F)CC1)OCc1ccccc1. The van der Waals surface area contributed by atoms with Crippen LogP contribution in [0.15, 0.2) is 42.6 Å². The van der Waals surface area contributed by atoms with E-state index in [4.69, 9.17) is 16.3 Å². The topological polar surface area (TPSA) is 106 Å². The monoisotopic (exact) mass is 478 g/mol. The van der Waals surface area contributed by atoms with Crippen molar-refractivity contribution in [1.82, 2.24) is 19.9 Å². The molecule has 1 aliphatic carbocycles. The number of alkyl halides is 2. The Morgan fingerprint density at radius 1 is 1.27 bits per heavy atom. The molecule has 1 unspecified atom stereocenters. The number of aromatic nitrogens is 3. The van der Waals surface area contributed by atoms with Crippen LogP contribution in [0.3, 0.4) is 0 Å². The fraction of sp³-hybridized carbons (Fsp3) is 0.364. The first-order valence-corrected chi connectivity index (χ1v) is 10.7. The number of carbonyl (C=O) groups is 2. The maximum Gasteiger partial charge on any atom is 0.408 e. The zero-order valence-corrected chi connectivity index (χ0v) is 18.1. The number of halogens is 3. The van der Waals surface area contributed by atoms with Gasteiger partial charge in [0.25, 0.3) is 0 Å². The molecular formula is C22H21ClF2N4O4. The predicted molar refractivity (Wildman–Crippen MR) is 114 cm³/mol. The molecule has 174 valence electrons. The lowest BCUT2D eigenvalue weighted by Gasteiger charge is -2.33. The molecule has 33 heavy (non-hydrogen) atoms. The number of nitrogens with zero attached hydrogens (tertiary/aromatic N) is 3. The van der Waals surface area contributed by atoms with E-state index in [-0.39, 0.29) is 54.6 Å². The Labute approximate surface area is 192 Å². The normalized spacial score (nSPS) is 16.9. The molecule has 1 amide bonds. The highest BCUT2D eigenvalue weighted by Crippen LogP contribution is 2.41. The largest absolute Gasteiger partial charge is 0.476 e. The molecule has 1 fully saturated rings. The number of aromatic carboxylic acids is 1. The van der Waals surface area contributed by atoms with Gasteiger partial charge in [-0.2, -0.15) is 5.10 Å². The van der Waals surface area contributed by atoms with Crippen molar-refractivity contribution in [1.29, 1.82) is 0 Å². The van der Waals surface area contributed by atoms with E-state index in [0.717, 1.165) is 5.56 Å². The molecular weight excluding hydrogens is 458 g/mol. The third-order valence-corrected chi connectivity index (χ3v) is 5.95. The van der Waals surface area contributed by atoms with Crippen molar-refractivity contribution in [3.8, 4) is 0 Å². The molecule has 0 radical (unpaired) electrons. The van der Waals surface area contributed by atoms with Crippen molar-refractivity contribution in [2.45, 2.75) is 44.3 Å². The summed E-state index contributed by atoms with van der Waals surface area (Å²) in [7, 11) is 0. The van der Waals surface area contributed by atoms with E-state index in [2.05, 4.69) is 15.4 Å². The Balaban J connectivity index is 1.58. The first-order chi connectivity index (χ1) is 15.7. The molecule has 3 aromatic rings. The zero-order valence-electron chi connectivity index (χ0n) is 17.4. The third kappa shape index (κ3) is 5.39. The van der Waals surface area contributed by atoms with E-state index in [0.29, 0.717) is 5.69 Å². The van der Waals surface area contributed by atoms with Crippen LogP contribution in [0.5, 0.6) is 0 Å². The van der Waals surface area contributed by atoms with E-state index in [9.17, 15) is 23.5 Å². The van der Waals surface area contributed by atoms with Gasteiger partial charge >= 0.3 is 12.1 Å². The van der Waals surface area contributed by atoms with Gasteiger partial charge in [0, 0.05) is 18.9 Å². The molecule has 2 N–H and O–H groups in total. The van der Waals surface area contributed by atoms with Gasteiger partial charge < -0.3 is 15.2 Å². The number of benzene rings is 1. The summed E-state index contributed by atoms with van der Waals surface area (Å²) in [6, 6.07) is 9.73. The fourth-order valence-corrected chi connectivity index (χ4v) is 4.15. The Bertz CT molecular complexity index is 1160. The molecule has 8 nitrogen and oxygen atoms in total.